The molecule has 3 aromatic heterocycles. The van der Waals surface area contributed by atoms with E-state index in [1.807, 2.05) is 6.92 Å². The standard InChI is InChI=1S/C9H8N8/c1-5-6(8-12-3-14-16-8)10-2-11-7(5)9-13-4-15-17-9/h2-4H,1H3,(H,12,14,16)(H,13,15,17). The zero-order valence-electron chi connectivity index (χ0n) is 8.92. The topological polar surface area (TPSA) is 109 Å². The lowest BCUT2D eigenvalue weighted by atomic mass is 10.1. The van der Waals surface area contributed by atoms with Gasteiger partial charge in [-0.1, -0.05) is 0 Å². The Balaban J connectivity index is 2.17. The van der Waals surface area contributed by atoms with E-state index in [0.29, 0.717) is 23.0 Å². The summed E-state index contributed by atoms with van der Waals surface area (Å²) in [6, 6.07) is 0. The van der Waals surface area contributed by atoms with Crippen LogP contribution in [0.4, 0.5) is 0 Å². The Morgan fingerprint density at radius 3 is 1.76 bits per heavy atom. The van der Waals surface area contributed by atoms with Gasteiger partial charge >= 0.3 is 0 Å². The summed E-state index contributed by atoms with van der Waals surface area (Å²) < 4.78 is 0. The number of aromatic amines is 2. The fourth-order valence-corrected chi connectivity index (χ4v) is 1.55. The van der Waals surface area contributed by atoms with E-state index in [-0.39, 0.29) is 0 Å². The van der Waals surface area contributed by atoms with Crippen LogP contribution in [0.15, 0.2) is 19.0 Å². The molecule has 2 N–H and O–H groups in total. The summed E-state index contributed by atoms with van der Waals surface area (Å²) in [7, 11) is 0. The van der Waals surface area contributed by atoms with Gasteiger partial charge in [0.15, 0.2) is 11.6 Å². The Morgan fingerprint density at radius 2 is 1.35 bits per heavy atom. The molecular weight excluding hydrogens is 220 g/mol. The highest BCUT2D eigenvalue weighted by Crippen LogP contribution is 2.23. The van der Waals surface area contributed by atoms with Gasteiger partial charge in [0.1, 0.15) is 30.4 Å². The average molecular weight is 228 g/mol. The first-order valence-electron chi connectivity index (χ1n) is 4.90. The summed E-state index contributed by atoms with van der Waals surface area (Å²) in [5.41, 5.74) is 2.17. The predicted molar refractivity (Wildman–Crippen MR) is 57.5 cm³/mol. The van der Waals surface area contributed by atoms with Crippen LogP contribution in [0.3, 0.4) is 0 Å². The minimum Gasteiger partial charge on any atom is -0.265 e. The summed E-state index contributed by atoms with van der Waals surface area (Å²) in [4.78, 5) is 16.5. The van der Waals surface area contributed by atoms with Crippen molar-refractivity contribution in [2.24, 2.45) is 0 Å². The van der Waals surface area contributed by atoms with Crippen molar-refractivity contribution in [3.8, 4) is 23.0 Å². The molecule has 0 aliphatic carbocycles. The molecule has 0 amide bonds. The lowest BCUT2D eigenvalue weighted by molar-refractivity contribution is 1.04. The molecule has 8 nitrogen and oxygen atoms in total. The summed E-state index contributed by atoms with van der Waals surface area (Å²) in [6.45, 7) is 1.89. The van der Waals surface area contributed by atoms with E-state index in [4.69, 9.17) is 0 Å². The molecule has 17 heavy (non-hydrogen) atoms. The highest BCUT2D eigenvalue weighted by atomic mass is 15.2. The van der Waals surface area contributed by atoms with E-state index in [1.165, 1.54) is 19.0 Å². The van der Waals surface area contributed by atoms with Crippen LogP contribution in [0.5, 0.6) is 0 Å². The zero-order valence-corrected chi connectivity index (χ0v) is 8.92. The summed E-state index contributed by atoms with van der Waals surface area (Å²) >= 11 is 0. The van der Waals surface area contributed by atoms with Crippen molar-refractivity contribution in [2.75, 3.05) is 0 Å². The van der Waals surface area contributed by atoms with Gasteiger partial charge in [0.25, 0.3) is 0 Å². The predicted octanol–water partition coefficient (Wildman–Crippen LogP) is 0.355. The van der Waals surface area contributed by atoms with Gasteiger partial charge in [-0.3, -0.25) is 10.2 Å². The summed E-state index contributed by atoms with van der Waals surface area (Å²) in [5.74, 6) is 1.06. The number of aromatic nitrogens is 8. The van der Waals surface area contributed by atoms with Gasteiger partial charge in [0.05, 0.1) is 0 Å². The van der Waals surface area contributed by atoms with Gasteiger partial charge in [0.2, 0.25) is 0 Å². The van der Waals surface area contributed by atoms with Crippen LogP contribution in [0.2, 0.25) is 0 Å². The number of hydrogen-bond donors (Lipinski definition) is 2. The molecule has 0 aliphatic rings. The molecule has 3 aromatic rings. The number of hydrogen-bond acceptors (Lipinski definition) is 6. The Labute approximate surface area is 95.6 Å². The molecule has 0 bridgehead atoms. The highest BCUT2D eigenvalue weighted by Gasteiger charge is 2.14. The third-order valence-corrected chi connectivity index (χ3v) is 2.34. The normalized spacial score (nSPS) is 10.6. The van der Waals surface area contributed by atoms with Gasteiger partial charge in [-0.15, -0.1) is 0 Å². The minimum atomic E-state index is 0.529. The van der Waals surface area contributed by atoms with Gasteiger partial charge in [-0.2, -0.15) is 10.2 Å². The van der Waals surface area contributed by atoms with Crippen LogP contribution in [0, 0.1) is 6.92 Å². The molecule has 0 atom stereocenters. The molecule has 0 unspecified atom stereocenters. The molecule has 8 heteroatoms. The molecule has 0 radical (unpaired) electrons. The lowest BCUT2D eigenvalue weighted by Crippen LogP contribution is -1.97. The van der Waals surface area contributed by atoms with Crippen LogP contribution < -0.4 is 0 Å². The lowest BCUT2D eigenvalue weighted by Gasteiger charge is -2.03. The van der Waals surface area contributed by atoms with Crippen molar-refractivity contribution in [1.29, 1.82) is 0 Å². The second-order valence-electron chi connectivity index (χ2n) is 3.34. The van der Waals surface area contributed by atoms with E-state index in [9.17, 15) is 0 Å². The van der Waals surface area contributed by atoms with E-state index < -0.39 is 0 Å². The molecule has 3 heterocycles. The third-order valence-electron chi connectivity index (χ3n) is 2.34. The SMILES string of the molecule is Cc1c(-c2nc[nH]n2)ncnc1-c1nc[nH]n1. The van der Waals surface area contributed by atoms with E-state index in [1.54, 1.807) is 0 Å². The number of nitrogens with one attached hydrogen (secondary N) is 2. The molecule has 0 aliphatic heterocycles. The first-order valence-corrected chi connectivity index (χ1v) is 4.90. The smallest absolute Gasteiger partial charge is 0.199 e. The first-order chi connectivity index (χ1) is 8.36. The summed E-state index contributed by atoms with van der Waals surface area (Å²) in [6.07, 6.45) is 4.46. The largest absolute Gasteiger partial charge is 0.265 e. The molecular formula is C9H8N8. The van der Waals surface area contributed by atoms with Crippen molar-refractivity contribution in [2.45, 2.75) is 6.92 Å². The second-order valence-corrected chi connectivity index (χ2v) is 3.34. The van der Waals surface area contributed by atoms with Crippen molar-refractivity contribution in [3.63, 3.8) is 0 Å². The third kappa shape index (κ3) is 1.55. The van der Waals surface area contributed by atoms with Gasteiger partial charge < -0.3 is 0 Å². The molecule has 0 aromatic carbocycles. The van der Waals surface area contributed by atoms with Crippen LogP contribution >= 0.6 is 0 Å². The monoisotopic (exact) mass is 228 g/mol. The van der Waals surface area contributed by atoms with Crippen LogP contribution in [0.1, 0.15) is 5.56 Å². The van der Waals surface area contributed by atoms with E-state index in [0.717, 1.165) is 5.56 Å². The Hall–Kier alpha value is -2.64. The van der Waals surface area contributed by atoms with Crippen LogP contribution in [-0.2, 0) is 0 Å². The van der Waals surface area contributed by atoms with Gasteiger partial charge in [-0.25, -0.2) is 19.9 Å². The van der Waals surface area contributed by atoms with Crippen molar-refractivity contribution in [1.82, 2.24) is 40.3 Å². The number of nitrogens with zero attached hydrogens (tertiary/aromatic N) is 6. The van der Waals surface area contributed by atoms with Crippen molar-refractivity contribution >= 4 is 0 Å². The Morgan fingerprint density at radius 1 is 0.824 bits per heavy atom. The van der Waals surface area contributed by atoms with Crippen LogP contribution in [-0.4, -0.2) is 40.3 Å². The minimum absolute atomic E-state index is 0.529. The summed E-state index contributed by atoms with van der Waals surface area (Å²) in [5, 5.41) is 13.3. The van der Waals surface area contributed by atoms with Crippen molar-refractivity contribution in [3.05, 3.63) is 24.5 Å². The van der Waals surface area contributed by atoms with Gasteiger partial charge in [-0.05, 0) is 6.92 Å². The maximum Gasteiger partial charge on any atom is 0.199 e. The van der Waals surface area contributed by atoms with Gasteiger partial charge in [0, 0.05) is 5.56 Å². The Kier molecular flexibility index (Phi) is 2.11. The first kappa shape index (κ1) is 9.58. The number of rotatable bonds is 2. The van der Waals surface area contributed by atoms with E-state index in [2.05, 4.69) is 40.3 Å². The van der Waals surface area contributed by atoms with Crippen molar-refractivity contribution < 1.29 is 0 Å². The zero-order chi connectivity index (χ0) is 11.7. The molecule has 0 saturated carbocycles. The number of H-pyrrole nitrogens is 2. The quantitative estimate of drug-likeness (QED) is 0.655. The molecule has 0 spiro atoms. The maximum absolute atomic E-state index is 4.17. The van der Waals surface area contributed by atoms with E-state index >= 15 is 0 Å². The fourth-order valence-electron chi connectivity index (χ4n) is 1.55. The second kappa shape index (κ2) is 3.74. The Bertz CT molecular complexity index is 560. The fraction of sp³-hybridized carbons (Fsp3) is 0.111. The molecule has 84 valence electrons. The average Bonchev–Trinajstić information content (AvgIpc) is 3.02. The molecule has 3 rings (SSSR count). The molecule has 0 saturated heterocycles. The van der Waals surface area contributed by atoms with Crippen LogP contribution in [0.25, 0.3) is 23.0 Å². The highest BCUT2D eigenvalue weighted by molar-refractivity contribution is 5.65. The maximum atomic E-state index is 4.17. The molecule has 0 fully saturated rings.